The first kappa shape index (κ1) is 18.1. The highest BCUT2D eigenvalue weighted by Gasteiger charge is 2.21. The van der Waals surface area contributed by atoms with E-state index in [2.05, 4.69) is 10.2 Å². The molecule has 0 spiro atoms. The van der Waals surface area contributed by atoms with Crippen molar-refractivity contribution >= 4 is 0 Å². The zero-order chi connectivity index (χ0) is 18.9. The second kappa shape index (κ2) is 6.92. The summed E-state index contributed by atoms with van der Waals surface area (Å²) >= 11 is 0. The summed E-state index contributed by atoms with van der Waals surface area (Å²) in [6, 6.07) is 6.17. The van der Waals surface area contributed by atoms with Crippen molar-refractivity contribution in [1.82, 2.24) is 19.6 Å². The van der Waals surface area contributed by atoms with Crippen LogP contribution in [0.3, 0.4) is 0 Å². The molecule has 7 heteroatoms. The van der Waals surface area contributed by atoms with Gasteiger partial charge in [-0.2, -0.15) is 10.2 Å². The molecular formula is C19H23FN4O2. The number of aromatic nitrogens is 4. The fraction of sp³-hybridized carbons (Fsp3) is 0.368. The average Bonchev–Trinajstić information content (AvgIpc) is 3.16. The molecule has 0 aliphatic rings. The van der Waals surface area contributed by atoms with Gasteiger partial charge in [-0.15, -0.1) is 0 Å². The molecule has 1 N–H and O–H groups in total. The molecule has 0 atom stereocenters. The summed E-state index contributed by atoms with van der Waals surface area (Å²) in [5, 5.41) is 19.0. The quantitative estimate of drug-likeness (QED) is 0.733. The van der Waals surface area contributed by atoms with E-state index in [1.165, 1.54) is 12.1 Å². The van der Waals surface area contributed by atoms with Gasteiger partial charge >= 0.3 is 0 Å². The lowest BCUT2D eigenvalue weighted by Gasteiger charge is -2.16. The second-order valence-electron chi connectivity index (χ2n) is 7.13. The number of halogens is 1. The van der Waals surface area contributed by atoms with Crippen molar-refractivity contribution in [2.24, 2.45) is 0 Å². The predicted octanol–water partition coefficient (Wildman–Crippen LogP) is 3.43. The molecule has 0 bridgehead atoms. The molecule has 0 saturated carbocycles. The van der Waals surface area contributed by atoms with Crippen molar-refractivity contribution in [2.45, 2.75) is 45.9 Å². The molecule has 138 valence electrons. The van der Waals surface area contributed by atoms with Crippen molar-refractivity contribution in [3.63, 3.8) is 0 Å². The van der Waals surface area contributed by atoms with Crippen LogP contribution < -0.4 is 4.74 Å². The predicted molar refractivity (Wildman–Crippen MR) is 96.8 cm³/mol. The molecule has 0 radical (unpaired) electrons. The second-order valence-corrected chi connectivity index (χ2v) is 7.13. The Balaban J connectivity index is 2.16. The van der Waals surface area contributed by atoms with E-state index >= 15 is 0 Å². The molecule has 6 nitrogen and oxygen atoms in total. The average molecular weight is 358 g/mol. The molecule has 0 amide bonds. The van der Waals surface area contributed by atoms with Gasteiger partial charge in [0, 0.05) is 18.0 Å². The largest absolute Gasteiger partial charge is 0.490 e. The first-order chi connectivity index (χ1) is 12.2. The van der Waals surface area contributed by atoms with E-state index < -0.39 is 5.60 Å². The Hall–Kier alpha value is -2.67. The molecule has 0 aliphatic carbocycles. The monoisotopic (exact) mass is 358 g/mol. The van der Waals surface area contributed by atoms with Crippen LogP contribution in [0.4, 0.5) is 4.39 Å². The van der Waals surface area contributed by atoms with E-state index in [0.717, 1.165) is 0 Å². The topological polar surface area (TPSA) is 65.1 Å². The molecule has 0 unspecified atom stereocenters. The molecule has 3 rings (SSSR count). The Morgan fingerprint density at radius 1 is 1.31 bits per heavy atom. The molecule has 2 aromatic heterocycles. The van der Waals surface area contributed by atoms with Gasteiger partial charge in [0.2, 0.25) is 0 Å². The van der Waals surface area contributed by atoms with Crippen LogP contribution in [0.5, 0.6) is 5.75 Å². The van der Waals surface area contributed by atoms with E-state index in [4.69, 9.17) is 4.74 Å². The van der Waals surface area contributed by atoms with Crippen LogP contribution in [0.1, 0.15) is 27.7 Å². The number of aliphatic hydroxyl groups is 1. The first-order valence-electron chi connectivity index (χ1n) is 8.49. The van der Waals surface area contributed by atoms with Gasteiger partial charge in [0.1, 0.15) is 22.9 Å². The van der Waals surface area contributed by atoms with Crippen LogP contribution in [0.25, 0.3) is 16.9 Å². The molecule has 2 heterocycles. The number of nitrogens with zero attached hydrogens (tertiary/aromatic N) is 4. The van der Waals surface area contributed by atoms with Gasteiger partial charge in [-0.05, 0) is 52.0 Å². The van der Waals surface area contributed by atoms with Crippen LogP contribution in [0.2, 0.25) is 0 Å². The van der Waals surface area contributed by atoms with Gasteiger partial charge < -0.3 is 9.84 Å². The summed E-state index contributed by atoms with van der Waals surface area (Å²) in [6.45, 7) is 7.52. The standard InChI is InChI=1S/C19H23FN4O2/c1-13(2)26-17-7-6-14(20)10-15(17)18-16(24-9-5-8-21-24)11-23(22-18)12-19(3,4)25/h5-11,13,25H,12H2,1-4H3. The third-order valence-corrected chi connectivity index (χ3v) is 3.60. The highest BCUT2D eigenvalue weighted by Crippen LogP contribution is 2.34. The van der Waals surface area contributed by atoms with Crippen LogP contribution >= 0.6 is 0 Å². The molecule has 26 heavy (non-hydrogen) atoms. The smallest absolute Gasteiger partial charge is 0.129 e. The van der Waals surface area contributed by atoms with Gasteiger partial charge in [0.15, 0.2) is 0 Å². The lowest BCUT2D eigenvalue weighted by molar-refractivity contribution is 0.0578. The summed E-state index contributed by atoms with van der Waals surface area (Å²) in [7, 11) is 0. The van der Waals surface area contributed by atoms with Crippen molar-refractivity contribution in [2.75, 3.05) is 0 Å². The van der Waals surface area contributed by atoms with Gasteiger partial charge in [-0.1, -0.05) is 0 Å². The van der Waals surface area contributed by atoms with Crippen LogP contribution in [-0.2, 0) is 6.54 Å². The summed E-state index contributed by atoms with van der Waals surface area (Å²) in [5.41, 5.74) is 0.814. The molecule has 0 aliphatic heterocycles. The normalized spacial score (nSPS) is 12.0. The van der Waals surface area contributed by atoms with Gasteiger partial charge in [-0.25, -0.2) is 9.07 Å². The molecule has 1 aromatic carbocycles. The maximum atomic E-state index is 14.0. The first-order valence-corrected chi connectivity index (χ1v) is 8.49. The highest BCUT2D eigenvalue weighted by molar-refractivity contribution is 5.74. The fourth-order valence-electron chi connectivity index (χ4n) is 2.70. The zero-order valence-corrected chi connectivity index (χ0v) is 15.3. The number of hydrogen-bond acceptors (Lipinski definition) is 4. The van der Waals surface area contributed by atoms with Crippen molar-refractivity contribution in [3.8, 4) is 22.7 Å². The lowest BCUT2D eigenvalue weighted by Crippen LogP contribution is -2.26. The van der Waals surface area contributed by atoms with Gasteiger partial charge in [0.25, 0.3) is 0 Å². The Morgan fingerprint density at radius 3 is 2.69 bits per heavy atom. The minimum atomic E-state index is -0.941. The molecule has 3 aromatic rings. The van der Waals surface area contributed by atoms with Crippen molar-refractivity contribution in [3.05, 3.63) is 48.7 Å². The fourth-order valence-corrected chi connectivity index (χ4v) is 2.70. The SMILES string of the molecule is CC(C)Oc1ccc(F)cc1-c1nn(CC(C)(C)O)cc1-n1cccn1. The van der Waals surface area contributed by atoms with Crippen LogP contribution in [0, 0.1) is 5.82 Å². The molecule has 0 fully saturated rings. The Bertz CT molecular complexity index is 880. The highest BCUT2D eigenvalue weighted by atomic mass is 19.1. The third-order valence-electron chi connectivity index (χ3n) is 3.60. The van der Waals surface area contributed by atoms with Crippen molar-refractivity contribution in [1.29, 1.82) is 0 Å². The van der Waals surface area contributed by atoms with Gasteiger partial charge in [0.05, 0.1) is 24.4 Å². The van der Waals surface area contributed by atoms with Crippen molar-refractivity contribution < 1.29 is 14.2 Å². The number of rotatable bonds is 6. The maximum Gasteiger partial charge on any atom is 0.129 e. The Morgan fingerprint density at radius 2 is 2.08 bits per heavy atom. The summed E-state index contributed by atoms with van der Waals surface area (Å²) < 4.78 is 23.1. The Labute approximate surface area is 151 Å². The zero-order valence-electron chi connectivity index (χ0n) is 15.3. The summed E-state index contributed by atoms with van der Waals surface area (Å²) in [4.78, 5) is 0. The number of ether oxygens (including phenoxy) is 1. The van der Waals surface area contributed by atoms with E-state index in [0.29, 0.717) is 22.7 Å². The van der Waals surface area contributed by atoms with E-state index in [-0.39, 0.29) is 18.5 Å². The van der Waals surface area contributed by atoms with E-state index in [1.54, 1.807) is 53.9 Å². The third kappa shape index (κ3) is 4.11. The minimum Gasteiger partial charge on any atom is -0.490 e. The number of benzene rings is 1. The van der Waals surface area contributed by atoms with Crippen LogP contribution in [0.15, 0.2) is 42.9 Å². The number of hydrogen-bond donors (Lipinski definition) is 1. The van der Waals surface area contributed by atoms with E-state index in [9.17, 15) is 9.50 Å². The summed E-state index contributed by atoms with van der Waals surface area (Å²) in [5.74, 6) is 0.169. The molecular weight excluding hydrogens is 335 g/mol. The maximum absolute atomic E-state index is 14.0. The summed E-state index contributed by atoms with van der Waals surface area (Å²) in [6.07, 6.45) is 5.17. The Kier molecular flexibility index (Phi) is 4.82. The lowest BCUT2D eigenvalue weighted by atomic mass is 10.1. The van der Waals surface area contributed by atoms with Crippen LogP contribution in [-0.4, -0.2) is 36.4 Å². The van der Waals surface area contributed by atoms with Gasteiger partial charge in [-0.3, -0.25) is 4.68 Å². The minimum absolute atomic E-state index is 0.0641. The van der Waals surface area contributed by atoms with E-state index in [1.807, 2.05) is 13.8 Å². The molecule has 0 saturated heterocycles.